The van der Waals surface area contributed by atoms with Crippen molar-refractivity contribution in [1.29, 1.82) is 0 Å². The Kier molecular flexibility index (Phi) is 7.20. The van der Waals surface area contributed by atoms with Gasteiger partial charge in [-0.3, -0.25) is 0 Å². The Bertz CT molecular complexity index is 298. The molecule has 0 saturated carbocycles. The molecule has 0 aromatic carbocycles. The van der Waals surface area contributed by atoms with Crippen LogP contribution in [0.3, 0.4) is 0 Å². The van der Waals surface area contributed by atoms with Crippen LogP contribution >= 0.6 is 0 Å². The number of hydrogen-bond donors (Lipinski definition) is 2. The quantitative estimate of drug-likeness (QED) is 0.652. The number of carbonyl (C=O) groups excluding carboxylic acids is 1. The maximum atomic E-state index is 11.9. The zero-order valence-electron chi connectivity index (χ0n) is 11.3. The monoisotopic (exact) mass is 274 g/mol. The van der Waals surface area contributed by atoms with Gasteiger partial charge in [-0.1, -0.05) is 6.92 Å². The lowest BCUT2D eigenvalue weighted by Gasteiger charge is -2.32. The first kappa shape index (κ1) is 15.7. The molecule has 1 heterocycles. The average Bonchev–Trinajstić information content (AvgIpc) is 2.42. The Balaban J connectivity index is 2.25. The Morgan fingerprint density at radius 2 is 2.26 bits per heavy atom. The maximum absolute atomic E-state index is 11.9. The number of carbonyl (C=O) groups is 2. The molecular weight excluding hydrogens is 252 g/mol. The molecule has 2 amide bonds. The van der Waals surface area contributed by atoms with E-state index in [0.29, 0.717) is 32.7 Å². The van der Waals surface area contributed by atoms with E-state index in [1.807, 2.05) is 6.92 Å². The molecule has 7 nitrogen and oxygen atoms in total. The minimum atomic E-state index is -1.04. The van der Waals surface area contributed by atoms with E-state index in [2.05, 4.69) is 5.32 Å². The van der Waals surface area contributed by atoms with E-state index in [9.17, 15) is 9.59 Å². The fraction of sp³-hybridized carbons (Fsp3) is 0.833. The lowest BCUT2D eigenvalue weighted by molar-refractivity contribution is -0.147. The van der Waals surface area contributed by atoms with Gasteiger partial charge in [0.1, 0.15) is 0 Å². The number of morpholine rings is 1. The fourth-order valence-corrected chi connectivity index (χ4v) is 1.77. The Labute approximate surface area is 112 Å². The molecule has 0 aromatic heterocycles. The van der Waals surface area contributed by atoms with Crippen molar-refractivity contribution in [1.82, 2.24) is 10.2 Å². The molecule has 1 fully saturated rings. The zero-order chi connectivity index (χ0) is 14.1. The third-order valence-corrected chi connectivity index (χ3v) is 2.76. The number of hydrogen-bond acceptors (Lipinski definition) is 4. The van der Waals surface area contributed by atoms with E-state index in [1.54, 1.807) is 0 Å². The second-order valence-corrected chi connectivity index (χ2v) is 4.32. The lowest BCUT2D eigenvalue weighted by Crippen LogP contribution is -2.55. The molecule has 0 bridgehead atoms. The molecule has 0 spiro atoms. The minimum Gasteiger partial charge on any atom is -0.480 e. The van der Waals surface area contributed by atoms with Gasteiger partial charge in [0, 0.05) is 26.3 Å². The first-order chi connectivity index (χ1) is 9.16. The molecule has 1 atom stereocenters. The van der Waals surface area contributed by atoms with Crippen LogP contribution in [0, 0.1) is 0 Å². The number of rotatable bonds is 7. The van der Waals surface area contributed by atoms with Crippen molar-refractivity contribution in [3.63, 3.8) is 0 Å². The average molecular weight is 274 g/mol. The van der Waals surface area contributed by atoms with Gasteiger partial charge in [0.15, 0.2) is 6.04 Å². The molecule has 1 aliphatic rings. The highest BCUT2D eigenvalue weighted by atomic mass is 16.5. The topological polar surface area (TPSA) is 88.1 Å². The number of nitrogens with one attached hydrogen (secondary N) is 1. The molecule has 19 heavy (non-hydrogen) atoms. The van der Waals surface area contributed by atoms with Crippen LogP contribution in [0.5, 0.6) is 0 Å². The second-order valence-electron chi connectivity index (χ2n) is 4.32. The Morgan fingerprint density at radius 3 is 2.95 bits per heavy atom. The summed E-state index contributed by atoms with van der Waals surface area (Å²) in [5, 5.41) is 11.7. The van der Waals surface area contributed by atoms with Gasteiger partial charge >= 0.3 is 12.0 Å². The summed E-state index contributed by atoms with van der Waals surface area (Å²) in [4.78, 5) is 24.2. The van der Waals surface area contributed by atoms with Crippen LogP contribution in [0.15, 0.2) is 0 Å². The summed E-state index contributed by atoms with van der Waals surface area (Å²) >= 11 is 0. The van der Waals surface area contributed by atoms with E-state index >= 15 is 0 Å². The number of urea groups is 1. The number of ether oxygens (including phenoxy) is 2. The summed E-state index contributed by atoms with van der Waals surface area (Å²) in [6.45, 7) is 4.55. The molecule has 110 valence electrons. The van der Waals surface area contributed by atoms with Gasteiger partial charge in [0.2, 0.25) is 0 Å². The predicted octanol–water partition coefficient (Wildman–Crippen LogP) is 0.298. The molecule has 0 aromatic rings. The van der Waals surface area contributed by atoms with Crippen molar-refractivity contribution < 1.29 is 24.2 Å². The van der Waals surface area contributed by atoms with E-state index < -0.39 is 12.0 Å². The Hall–Kier alpha value is -1.34. The molecule has 7 heteroatoms. The largest absolute Gasteiger partial charge is 0.480 e. The Morgan fingerprint density at radius 1 is 1.47 bits per heavy atom. The second kappa shape index (κ2) is 8.71. The van der Waals surface area contributed by atoms with Gasteiger partial charge < -0.3 is 24.8 Å². The third kappa shape index (κ3) is 5.44. The van der Waals surface area contributed by atoms with Gasteiger partial charge in [0.25, 0.3) is 0 Å². The van der Waals surface area contributed by atoms with Crippen LogP contribution in [0.4, 0.5) is 4.79 Å². The normalized spacial score (nSPS) is 19.2. The summed E-state index contributed by atoms with van der Waals surface area (Å²) in [7, 11) is 0. The standard InChI is InChI=1S/C12H22N2O5/c1-2-6-18-7-3-4-13-12(17)14-5-8-19-9-10(14)11(15)16/h10H,2-9H2,1H3,(H,13,17)(H,15,16). The van der Waals surface area contributed by atoms with Gasteiger partial charge in [-0.2, -0.15) is 0 Å². The summed E-state index contributed by atoms with van der Waals surface area (Å²) in [5.74, 6) is -1.04. The van der Waals surface area contributed by atoms with Crippen LogP contribution in [0.2, 0.25) is 0 Å². The van der Waals surface area contributed by atoms with Crippen LogP contribution in [0.1, 0.15) is 19.8 Å². The predicted molar refractivity (Wildman–Crippen MR) is 68.1 cm³/mol. The molecule has 1 unspecified atom stereocenters. The first-order valence-corrected chi connectivity index (χ1v) is 6.59. The number of carboxylic acid groups (broad SMARTS) is 1. The number of carboxylic acids is 1. The highest BCUT2D eigenvalue weighted by Gasteiger charge is 2.32. The van der Waals surface area contributed by atoms with E-state index in [1.165, 1.54) is 4.90 Å². The van der Waals surface area contributed by atoms with E-state index in [0.717, 1.165) is 13.0 Å². The maximum Gasteiger partial charge on any atom is 0.328 e. The number of aliphatic carboxylic acids is 1. The highest BCUT2D eigenvalue weighted by Crippen LogP contribution is 2.07. The molecule has 1 rings (SSSR count). The van der Waals surface area contributed by atoms with Crippen molar-refractivity contribution in [2.24, 2.45) is 0 Å². The molecule has 2 N–H and O–H groups in total. The van der Waals surface area contributed by atoms with Crippen LogP contribution in [-0.4, -0.2) is 67.6 Å². The zero-order valence-corrected chi connectivity index (χ0v) is 11.3. The third-order valence-electron chi connectivity index (χ3n) is 2.76. The van der Waals surface area contributed by atoms with Gasteiger partial charge in [0.05, 0.1) is 13.2 Å². The fourth-order valence-electron chi connectivity index (χ4n) is 1.77. The SMILES string of the molecule is CCCOCCCNC(=O)N1CCOCC1C(=O)O. The first-order valence-electron chi connectivity index (χ1n) is 6.59. The van der Waals surface area contributed by atoms with Crippen molar-refractivity contribution in [2.45, 2.75) is 25.8 Å². The summed E-state index contributed by atoms with van der Waals surface area (Å²) in [5.41, 5.74) is 0. The van der Waals surface area contributed by atoms with Crippen LogP contribution in [0.25, 0.3) is 0 Å². The smallest absolute Gasteiger partial charge is 0.328 e. The minimum absolute atomic E-state index is 0.0440. The molecule has 1 saturated heterocycles. The summed E-state index contributed by atoms with van der Waals surface area (Å²) in [6, 6.07) is -1.25. The molecular formula is C12H22N2O5. The number of amides is 2. The van der Waals surface area contributed by atoms with Crippen LogP contribution in [-0.2, 0) is 14.3 Å². The van der Waals surface area contributed by atoms with Crippen molar-refractivity contribution in [3.8, 4) is 0 Å². The van der Waals surface area contributed by atoms with Crippen molar-refractivity contribution >= 4 is 12.0 Å². The highest BCUT2D eigenvalue weighted by molar-refractivity contribution is 5.82. The summed E-state index contributed by atoms with van der Waals surface area (Å²) in [6.07, 6.45) is 1.69. The van der Waals surface area contributed by atoms with E-state index in [-0.39, 0.29) is 12.6 Å². The van der Waals surface area contributed by atoms with Crippen molar-refractivity contribution in [2.75, 3.05) is 39.5 Å². The number of nitrogens with zero attached hydrogens (tertiary/aromatic N) is 1. The van der Waals surface area contributed by atoms with Crippen molar-refractivity contribution in [3.05, 3.63) is 0 Å². The van der Waals surface area contributed by atoms with Gasteiger partial charge in [-0.25, -0.2) is 9.59 Å². The molecule has 1 aliphatic heterocycles. The van der Waals surface area contributed by atoms with Gasteiger partial charge in [-0.15, -0.1) is 0 Å². The van der Waals surface area contributed by atoms with Gasteiger partial charge in [-0.05, 0) is 12.8 Å². The molecule has 0 aliphatic carbocycles. The summed E-state index contributed by atoms with van der Waals surface area (Å²) < 4.78 is 10.4. The lowest BCUT2D eigenvalue weighted by atomic mass is 10.2. The molecule has 0 radical (unpaired) electrons. The van der Waals surface area contributed by atoms with E-state index in [4.69, 9.17) is 14.6 Å². The van der Waals surface area contributed by atoms with Crippen LogP contribution < -0.4 is 5.32 Å².